The van der Waals surface area contributed by atoms with Crippen LogP contribution in [0.5, 0.6) is 0 Å². The van der Waals surface area contributed by atoms with Crippen LogP contribution in [-0.2, 0) is 11.2 Å². The van der Waals surface area contributed by atoms with E-state index in [1.807, 2.05) is 39.2 Å². The number of rotatable bonds is 3. The molecule has 0 saturated heterocycles. The lowest BCUT2D eigenvalue weighted by Gasteiger charge is -2.19. The highest BCUT2D eigenvalue weighted by atomic mass is 16.6. The molecule has 0 aromatic carbocycles. The van der Waals surface area contributed by atoms with Crippen molar-refractivity contribution in [2.24, 2.45) is 0 Å². The third-order valence-corrected chi connectivity index (χ3v) is 1.74. The summed E-state index contributed by atoms with van der Waals surface area (Å²) in [4.78, 5) is 14.2. The lowest BCUT2D eigenvalue weighted by atomic mass is 10.2. The second-order valence-electron chi connectivity index (χ2n) is 4.40. The molecule has 4 heteroatoms. The molecule has 0 bridgehead atoms. The van der Waals surface area contributed by atoms with Crippen LogP contribution in [0.15, 0.2) is 18.5 Å². The standard InChI is InChI=1S/C11H18N2O2/c1-11(2,3)15-10(14)13-7-5-9-4-6-12-8-9/h4,6,8,12H,5,7H2,1-3H3,(H,13,14). The molecule has 1 aromatic rings. The van der Waals surface area contributed by atoms with E-state index in [0.29, 0.717) is 6.54 Å². The van der Waals surface area contributed by atoms with E-state index in [1.165, 1.54) is 5.56 Å². The van der Waals surface area contributed by atoms with Crippen LogP contribution in [0.2, 0.25) is 0 Å². The Balaban J connectivity index is 2.18. The molecule has 1 rings (SSSR count). The molecule has 84 valence electrons. The highest BCUT2D eigenvalue weighted by Gasteiger charge is 2.15. The van der Waals surface area contributed by atoms with Gasteiger partial charge in [0.15, 0.2) is 0 Å². The molecule has 0 aliphatic heterocycles. The van der Waals surface area contributed by atoms with Crippen molar-refractivity contribution < 1.29 is 9.53 Å². The Morgan fingerprint density at radius 1 is 1.53 bits per heavy atom. The Labute approximate surface area is 90.0 Å². The summed E-state index contributed by atoms with van der Waals surface area (Å²) in [5.41, 5.74) is 0.740. The fraction of sp³-hybridized carbons (Fsp3) is 0.545. The summed E-state index contributed by atoms with van der Waals surface area (Å²) in [6.07, 6.45) is 4.22. The molecule has 0 atom stereocenters. The van der Waals surface area contributed by atoms with Crippen LogP contribution >= 0.6 is 0 Å². The van der Waals surface area contributed by atoms with Crippen LogP contribution in [0.25, 0.3) is 0 Å². The highest BCUT2D eigenvalue weighted by Crippen LogP contribution is 2.06. The number of hydrogen-bond acceptors (Lipinski definition) is 2. The summed E-state index contributed by atoms with van der Waals surface area (Å²) in [5.74, 6) is 0. The van der Waals surface area contributed by atoms with Gasteiger partial charge in [0.1, 0.15) is 5.60 Å². The maximum absolute atomic E-state index is 11.2. The molecule has 1 aromatic heterocycles. The van der Waals surface area contributed by atoms with Crippen LogP contribution in [-0.4, -0.2) is 23.2 Å². The zero-order valence-electron chi connectivity index (χ0n) is 9.46. The topological polar surface area (TPSA) is 54.1 Å². The Bertz CT molecular complexity index is 299. The number of carbonyl (C=O) groups excluding carboxylic acids is 1. The van der Waals surface area contributed by atoms with Crippen LogP contribution in [0.3, 0.4) is 0 Å². The van der Waals surface area contributed by atoms with E-state index >= 15 is 0 Å². The van der Waals surface area contributed by atoms with Gasteiger partial charge in [0.05, 0.1) is 0 Å². The number of aromatic amines is 1. The number of aromatic nitrogens is 1. The molecule has 0 unspecified atom stereocenters. The van der Waals surface area contributed by atoms with Crippen molar-refractivity contribution in [1.29, 1.82) is 0 Å². The zero-order valence-corrected chi connectivity index (χ0v) is 9.46. The molecule has 0 fully saturated rings. The van der Waals surface area contributed by atoms with Gasteiger partial charge in [0.25, 0.3) is 0 Å². The average Bonchev–Trinajstić information content (AvgIpc) is 2.53. The minimum Gasteiger partial charge on any atom is -0.444 e. The Hall–Kier alpha value is -1.45. The SMILES string of the molecule is CC(C)(C)OC(=O)NCCc1cc[nH]c1. The lowest BCUT2D eigenvalue weighted by Crippen LogP contribution is -2.33. The monoisotopic (exact) mass is 210 g/mol. The third-order valence-electron chi connectivity index (χ3n) is 1.74. The van der Waals surface area contributed by atoms with Gasteiger partial charge in [-0.3, -0.25) is 0 Å². The first-order valence-corrected chi connectivity index (χ1v) is 5.06. The lowest BCUT2D eigenvalue weighted by molar-refractivity contribution is 0.0528. The van der Waals surface area contributed by atoms with E-state index in [1.54, 1.807) is 0 Å². The molecular formula is C11H18N2O2. The smallest absolute Gasteiger partial charge is 0.407 e. The van der Waals surface area contributed by atoms with Gasteiger partial charge in [-0.15, -0.1) is 0 Å². The predicted molar refractivity (Wildman–Crippen MR) is 58.7 cm³/mol. The highest BCUT2D eigenvalue weighted by molar-refractivity contribution is 5.67. The molecular weight excluding hydrogens is 192 g/mol. The van der Waals surface area contributed by atoms with Gasteiger partial charge in [0.2, 0.25) is 0 Å². The van der Waals surface area contributed by atoms with Gasteiger partial charge in [-0.1, -0.05) is 0 Å². The second kappa shape index (κ2) is 4.87. The van der Waals surface area contributed by atoms with Crippen molar-refractivity contribution in [2.45, 2.75) is 32.8 Å². The third kappa shape index (κ3) is 5.10. The molecule has 1 heterocycles. The van der Waals surface area contributed by atoms with E-state index in [9.17, 15) is 4.79 Å². The van der Waals surface area contributed by atoms with Crippen molar-refractivity contribution in [3.05, 3.63) is 24.0 Å². The normalized spacial score (nSPS) is 11.1. The number of hydrogen-bond donors (Lipinski definition) is 2. The Morgan fingerprint density at radius 3 is 2.80 bits per heavy atom. The number of nitrogens with one attached hydrogen (secondary N) is 2. The molecule has 0 radical (unpaired) electrons. The van der Waals surface area contributed by atoms with Gasteiger partial charge < -0.3 is 15.0 Å². The first-order valence-electron chi connectivity index (χ1n) is 5.06. The molecule has 15 heavy (non-hydrogen) atoms. The van der Waals surface area contributed by atoms with E-state index in [4.69, 9.17) is 4.74 Å². The van der Waals surface area contributed by atoms with E-state index in [2.05, 4.69) is 10.3 Å². The molecule has 0 saturated carbocycles. The van der Waals surface area contributed by atoms with Gasteiger partial charge in [-0.05, 0) is 38.8 Å². The van der Waals surface area contributed by atoms with Gasteiger partial charge in [0, 0.05) is 18.9 Å². The predicted octanol–water partition coefficient (Wildman–Crippen LogP) is 2.08. The molecule has 0 aliphatic rings. The van der Waals surface area contributed by atoms with Crippen molar-refractivity contribution in [1.82, 2.24) is 10.3 Å². The maximum Gasteiger partial charge on any atom is 0.407 e. The molecule has 2 N–H and O–H groups in total. The number of carbonyl (C=O) groups is 1. The van der Waals surface area contributed by atoms with Crippen LogP contribution in [0, 0.1) is 0 Å². The van der Waals surface area contributed by atoms with Crippen LogP contribution in [0.1, 0.15) is 26.3 Å². The maximum atomic E-state index is 11.2. The van der Waals surface area contributed by atoms with Gasteiger partial charge in [-0.2, -0.15) is 0 Å². The number of amides is 1. The molecule has 1 amide bonds. The van der Waals surface area contributed by atoms with Crippen molar-refractivity contribution in [3.8, 4) is 0 Å². The minimum atomic E-state index is -0.432. The van der Waals surface area contributed by atoms with Gasteiger partial charge in [-0.25, -0.2) is 4.79 Å². The summed E-state index contributed by atoms with van der Waals surface area (Å²) in [5, 5.41) is 2.70. The quantitative estimate of drug-likeness (QED) is 0.802. The summed E-state index contributed by atoms with van der Waals surface area (Å²) < 4.78 is 5.10. The summed E-state index contributed by atoms with van der Waals surface area (Å²) >= 11 is 0. The summed E-state index contributed by atoms with van der Waals surface area (Å²) in [6, 6.07) is 1.98. The van der Waals surface area contributed by atoms with E-state index < -0.39 is 5.60 Å². The van der Waals surface area contributed by atoms with Crippen LogP contribution in [0.4, 0.5) is 4.79 Å². The Kier molecular flexibility index (Phi) is 3.77. The number of ether oxygens (including phenoxy) is 1. The van der Waals surface area contributed by atoms with Crippen LogP contribution < -0.4 is 5.32 Å². The van der Waals surface area contributed by atoms with Gasteiger partial charge >= 0.3 is 6.09 Å². The molecule has 0 spiro atoms. The number of alkyl carbamates (subject to hydrolysis) is 1. The van der Waals surface area contributed by atoms with Crippen molar-refractivity contribution in [3.63, 3.8) is 0 Å². The summed E-state index contributed by atoms with van der Waals surface area (Å²) in [6.45, 7) is 6.13. The zero-order chi connectivity index (χ0) is 11.3. The summed E-state index contributed by atoms with van der Waals surface area (Å²) in [7, 11) is 0. The van der Waals surface area contributed by atoms with E-state index in [-0.39, 0.29) is 6.09 Å². The average molecular weight is 210 g/mol. The first-order chi connectivity index (χ1) is 6.97. The number of H-pyrrole nitrogens is 1. The van der Waals surface area contributed by atoms with Crippen molar-refractivity contribution >= 4 is 6.09 Å². The fourth-order valence-corrected chi connectivity index (χ4v) is 1.14. The van der Waals surface area contributed by atoms with E-state index in [0.717, 1.165) is 6.42 Å². The largest absolute Gasteiger partial charge is 0.444 e. The first kappa shape index (κ1) is 11.6. The second-order valence-corrected chi connectivity index (χ2v) is 4.40. The fourth-order valence-electron chi connectivity index (χ4n) is 1.14. The molecule has 4 nitrogen and oxygen atoms in total. The van der Waals surface area contributed by atoms with Crippen molar-refractivity contribution in [2.75, 3.05) is 6.54 Å². The Morgan fingerprint density at radius 2 is 2.27 bits per heavy atom. The molecule has 0 aliphatic carbocycles. The minimum absolute atomic E-state index is 0.363.